The zero-order valence-electron chi connectivity index (χ0n) is 14.9. The number of anilines is 1. The first-order valence-corrected chi connectivity index (χ1v) is 9.40. The highest BCUT2D eigenvalue weighted by molar-refractivity contribution is 7.80. The first kappa shape index (κ1) is 19.7. The molecule has 0 aliphatic carbocycles. The molecular formula is C22H18ClN3OS. The van der Waals surface area contributed by atoms with Gasteiger partial charge in [0.2, 0.25) is 5.91 Å². The summed E-state index contributed by atoms with van der Waals surface area (Å²) in [5, 5.41) is 6.53. The van der Waals surface area contributed by atoms with E-state index >= 15 is 0 Å². The van der Waals surface area contributed by atoms with Crippen LogP contribution in [0.15, 0.2) is 79.1 Å². The van der Waals surface area contributed by atoms with Crippen LogP contribution in [0.5, 0.6) is 0 Å². The molecule has 2 aromatic carbocycles. The molecule has 0 fully saturated rings. The van der Waals surface area contributed by atoms with Crippen molar-refractivity contribution in [1.29, 1.82) is 0 Å². The average Bonchev–Trinajstić information content (AvgIpc) is 2.70. The van der Waals surface area contributed by atoms with Gasteiger partial charge in [-0.15, -0.1) is 0 Å². The lowest BCUT2D eigenvalue weighted by atomic mass is 10.1. The number of carbonyl (C=O) groups excluding carboxylic acids is 1. The molecule has 4 nitrogen and oxygen atoms in total. The number of rotatable bonds is 5. The minimum absolute atomic E-state index is 0.243. The minimum Gasteiger partial charge on any atom is -0.332 e. The van der Waals surface area contributed by atoms with Crippen molar-refractivity contribution in [3.63, 3.8) is 0 Å². The molecule has 0 saturated carbocycles. The molecule has 0 saturated heterocycles. The number of benzene rings is 2. The molecule has 1 amide bonds. The minimum atomic E-state index is -0.304. The third kappa shape index (κ3) is 6.30. The van der Waals surface area contributed by atoms with Crippen molar-refractivity contribution in [3.8, 4) is 0 Å². The van der Waals surface area contributed by atoms with Gasteiger partial charge in [-0.2, -0.15) is 0 Å². The number of hydrogen-bond donors (Lipinski definition) is 2. The van der Waals surface area contributed by atoms with E-state index in [1.165, 1.54) is 17.2 Å². The SMILES string of the molecule is O=C(/C=C/c1ccc(Cl)cc1)NC(=S)Nc1ccc(Cc2ccncc2)cc1. The second kappa shape index (κ2) is 9.78. The fraction of sp³-hybridized carbons (Fsp3) is 0.0455. The predicted octanol–water partition coefficient (Wildman–Crippen LogP) is 4.85. The van der Waals surface area contributed by atoms with Gasteiger partial charge in [-0.1, -0.05) is 35.9 Å². The normalized spacial score (nSPS) is 10.6. The maximum absolute atomic E-state index is 12.0. The lowest BCUT2D eigenvalue weighted by molar-refractivity contribution is -0.115. The zero-order valence-corrected chi connectivity index (χ0v) is 16.5. The molecule has 0 atom stereocenters. The molecule has 0 unspecified atom stereocenters. The highest BCUT2D eigenvalue weighted by Crippen LogP contribution is 2.13. The molecular weight excluding hydrogens is 390 g/mol. The van der Waals surface area contributed by atoms with Crippen molar-refractivity contribution < 1.29 is 4.79 Å². The Balaban J connectivity index is 1.50. The summed E-state index contributed by atoms with van der Waals surface area (Å²) < 4.78 is 0. The Morgan fingerprint density at radius 3 is 2.29 bits per heavy atom. The molecule has 0 spiro atoms. The highest BCUT2D eigenvalue weighted by Gasteiger charge is 2.02. The number of thiocarbonyl (C=S) groups is 1. The van der Waals surface area contributed by atoms with Gasteiger partial charge >= 0.3 is 0 Å². The van der Waals surface area contributed by atoms with Crippen LogP contribution in [-0.2, 0) is 11.2 Å². The van der Waals surface area contributed by atoms with Crippen molar-refractivity contribution in [2.24, 2.45) is 0 Å². The summed E-state index contributed by atoms with van der Waals surface area (Å²) in [7, 11) is 0. The fourth-order valence-corrected chi connectivity index (χ4v) is 2.85. The molecule has 0 radical (unpaired) electrons. The quantitative estimate of drug-likeness (QED) is 0.468. The van der Waals surface area contributed by atoms with E-state index in [1.54, 1.807) is 30.6 Å². The Labute approximate surface area is 174 Å². The van der Waals surface area contributed by atoms with Crippen LogP contribution in [0.2, 0.25) is 5.02 Å². The molecule has 3 rings (SSSR count). The van der Waals surface area contributed by atoms with Crippen LogP contribution in [0.3, 0.4) is 0 Å². The van der Waals surface area contributed by atoms with Crippen molar-refractivity contribution in [2.75, 3.05) is 5.32 Å². The summed E-state index contributed by atoms with van der Waals surface area (Å²) in [6.07, 6.45) is 7.53. The Kier molecular flexibility index (Phi) is 6.89. The van der Waals surface area contributed by atoms with Crippen molar-refractivity contribution in [1.82, 2.24) is 10.3 Å². The molecule has 0 bridgehead atoms. The zero-order chi connectivity index (χ0) is 19.8. The fourth-order valence-electron chi connectivity index (χ4n) is 2.50. The van der Waals surface area contributed by atoms with E-state index in [2.05, 4.69) is 15.6 Å². The molecule has 0 aliphatic heterocycles. The number of amides is 1. The number of pyridine rings is 1. The summed E-state index contributed by atoms with van der Waals surface area (Å²) >= 11 is 11.0. The number of aromatic nitrogens is 1. The topological polar surface area (TPSA) is 54.0 Å². The molecule has 1 aromatic heterocycles. The molecule has 28 heavy (non-hydrogen) atoms. The molecule has 1 heterocycles. The first-order valence-electron chi connectivity index (χ1n) is 8.62. The van der Waals surface area contributed by atoms with Gasteiger partial charge in [-0.3, -0.25) is 15.1 Å². The van der Waals surface area contributed by atoms with Crippen LogP contribution in [0.1, 0.15) is 16.7 Å². The smallest absolute Gasteiger partial charge is 0.250 e. The van der Waals surface area contributed by atoms with Gasteiger partial charge in [-0.25, -0.2) is 0 Å². The van der Waals surface area contributed by atoms with Gasteiger partial charge in [0, 0.05) is 29.2 Å². The Bertz CT molecular complexity index is 971. The third-order valence-corrected chi connectivity index (χ3v) is 4.36. The average molecular weight is 408 g/mol. The largest absolute Gasteiger partial charge is 0.332 e. The van der Waals surface area contributed by atoms with E-state index < -0.39 is 0 Å². The molecule has 2 N–H and O–H groups in total. The number of nitrogens with one attached hydrogen (secondary N) is 2. The van der Waals surface area contributed by atoms with E-state index in [-0.39, 0.29) is 11.0 Å². The number of hydrogen-bond acceptors (Lipinski definition) is 3. The summed E-state index contributed by atoms with van der Waals surface area (Å²) in [5.41, 5.74) is 4.07. The van der Waals surface area contributed by atoms with Crippen molar-refractivity contribution >= 4 is 46.6 Å². The van der Waals surface area contributed by atoms with E-state index in [4.69, 9.17) is 23.8 Å². The Morgan fingerprint density at radius 1 is 0.964 bits per heavy atom. The second-order valence-electron chi connectivity index (χ2n) is 6.06. The van der Waals surface area contributed by atoms with Gasteiger partial charge in [0.05, 0.1) is 0 Å². The lowest BCUT2D eigenvalue weighted by Crippen LogP contribution is -2.32. The van der Waals surface area contributed by atoms with Gasteiger partial charge in [0.25, 0.3) is 0 Å². The van der Waals surface area contributed by atoms with E-state index in [1.807, 2.05) is 48.5 Å². The van der Waals surface area contributed by atoms with Crippen LogP contribution in [0, 0.1) is 0 Å². The van der Waals surface area contributed by atoms with E-state index in [9.17, 15) is 4.79 Å². The molecule has 3 aromatic rings. The van der Waals surface area contributed by atoms with Crippen molar-refractivity contribution in [3.05, 3.63) is 101 Å². The van der Waals surface area contributed by atoms with Gasteiger partial charge < -0.3 is 5.32 Å². The number of nitrogens with zero attached hydrogens (tertiary/aromatic N) is 1. The maximum atomic E-state index is 12.0. The van der Waals surface area contributed by atoms with Crippen LogP contribution in [0.25, 0.3) is 6.08 Å². The van der Waals surface area contributed by atoms with Crippen LogP contribution in [-0.4, -0.2) is 16.0 Å². The van der Waals surface area contributed by atoms with Gasteiger partial charge in [-0.05, 0) is 77.8 Å². The number of carbonyl (C=O) groups is 1. The van der Waals surface area contributed by atoms with E-state index in [0.717, 1.165) is 17.7 Å². The van der Waals surface area contributed by atoms with Gasteiger partial charge in [0.1, 0.15) is 0 Å². The standard InChI is InChI=1S/C22H18ClN3OS/c23-19-6-1-16(2-7-19)5-10-21(27)26-22(28)25-20-8-3-17(4-9-20)15-18-11-13-24-14-12-18/h1-14H,15H2,(H2,25,26,27,28)/b10-5+. The second-order valence-corrected chi connectivity index (χ2v) is 6.90. The summed E-state index contributed by atoms with van der Waals surface area (Å²) in [4.78, 5) is 16.0. The summed E-state index contributed by atoms with van der Waals surface area (Å²) in [6.45, 7) is 0. The maximum Gasteiger partial charge on any atom is 0.250 e. The summed E-state index contributed by atoms with van der Waals surface area (Å²) in [6, 6.07) is 19.1. The Hall–Kier alpha value is -3.02. The highest BCUT2D eigenvalue weighted by atomic mass is 35.5. The molecule has 0 aliphatic rings. The first-order chi connectivity index (χ1) is 13.6. The summed E-state index contributed by atoms with van der Waals surface area (Å²) in [5.74, 6) is -0.304. The van der Waals surface area contributed by atoms with E-state index in [0.29, 0.717) is 5.02 Å². The molecule has 140 valence electrons. The molecule has 6 heteroatoms. The van der Waals surface area contributed by atoms with Crippen LogP contribution < -0.4 is 10.6 Å². The Morgan fingerprint density at radius 2 is 1.61 bits per heavy atom. The third-order valence-electron chi connectivity index (χ3n) is 3.90. The predicted molar refractivity (Wildman–Crippen MR) is 118 cm³/mol. The van der Waals surface area contributed by atoms with Crippen molar-refractivity contribution in [2.45, 2.75) is 6.42 Å². The lowest BCUT2D eigenvalue weighted by Gasteiger charge is -2.09. The van der Waals surface area contributed by atoms with Crippen LogP contribution >= 0.6 is 23.8 Å². The van der Waals surface area contributed by atoms with Gasteiger partial charge in [0.15, 0.2) is 5.11 Å². The number of halogens is 1. The van der Waals surface area contributed by atoms with Crippen LogP contribution in [0.4, 0.5) is 5.69 Å². The monoisotopic (exact) mass is 407 g/mol.